The maximum atomic E-state index is 12.2. The highest BCUT2D eigenvalue weighted by atomic mass is 79.9. The first-order valence-corrected chi connectivity index (χ1v) is 4.76. The highest BCUT2D eigenvalue weighted by Gasteiger charge is 2.38. The minimum Gasteiger partial charge on any atom is -0.316 e. The smallest absolute Gasteiger partial charge is 0.316 e. The number of halogens is 5. The molecule has 1 unspecified atom stereocenters. The lowest BCUT2D eigenvalue weighted by atomic mass is 10.1. The summed E-state index contributed by atoms with van der Waals surface area (Å²) in [6.45, 7) is 0. The van der Waals surface area contributed by atoms with Crippen LogP contribution < -0.4 is 5.73 Å². The molecule has 14 heavy (non-hydrogen) atoms. The molecule has 0 spiro atoms. The normalized spacial score (nSPS) is 14.1. The van der Waals surface area contributed by atoms with Crippen LogP contribution in [0.2, 0.25) is 5.02 Å². The largest absolute Gasteiger partial charge is 0.407 e. The average molecular weight is 288 g/mol. The Kier molecular flexibility index (Phi) is 3.44. The van der Waals surface area contributed by atoms with Crippen molar-refractivity contribution in [2.75, 3.05) is 0 Å². The number of rotatable bonds is 1. The number of alkyl halides is 3. The van der Waals surface area contributed by atoms with Crippen LogP contribution in [0.5, 0.6) is 0 Å². The molecular weight excluding hydrogens is 282 g/mol. The van der Waals surface area contributed by atoms with Crippen molar-refractivity contribution in [1.29, 1.82) is 0 Å². The zero-order valence-electron chi connectivity index (χ0n) is 6.78. The van der Waals surface area contributed by atoms with Crippen LogP contribution in [0.15, 0.2) is 22.7 Å². The second-order valence-electron chi connectivity index (χ2n) is 2.69. The molecule has 0 radical (unpaired) electrons. The fourth-order valence-corrected chi connectivity index (χ4v) is 1.72. The van der Waals surface area contributed by atoms with Gasteiger partial charge in [0.2, 0.25) is 0 Å². The summed E-state index contributed by atoms with van der Waals surface area (Å²) in [6.07, 6.45) is -4.47. The Bertz CT molecular complexity index is 340. The van der Waals surface area contributed by atoms with E-state index in [-0.39, 0.29) is 10.6 Å². The first kappa shape index (κ1) is 11.8. The Morgan fingerprint density at radius 3 is 2.36 bits per heavy atom. The molecular formula is C8H6BrClF3N. The molecule has 2 N–H and O–H groups in total. The summed E-state index contributed by atoms with van der Waals surface area (Å²) in [4.78, 5) is 0. The van der Waals surface area contributed by atoms with Crippen molar-refractivity contribution in [3.63, 3.8) is 0 Å². The van der Waals surface area contributed by atoms with Gasteiger partial charge in [-0.05, 0) is 17.7 Å². The lowest BCUT2D eigenvalue weighted by Gasteiger charge is -2.17. The summed E-state index contributed by atoms with van der Waals surface area (Å²) in [7, 11) is 0. The second kappa shape index (κ2) is 4.08. The summed E-state index contributed by atoms with van der Waals surface area (Å²) in [5.41, 5.74) is 4.88. The van der Waals surface area contributed by atoms with Crippen molar-refractivity contribution in [2.24, 2.45) is 5.73 Å². The molecule has 1 aromatic rings. The molecule has 0 aliphatic heterocycles. The van der Waals surface area contributed by atoms with E-state index in [1.165, 1.54) is 18.2 Å². The van der Waals surface area contributed by atoms with Gasteiger partial charge in [0, 0.05) is 9.50 Å². The molecule has 1 nitrogen and oxygen atoms in total. The zero-order chi connectivity index (χ0) is 10.9. The predicted molar refractivity (Wildman–Crippen MR) is 52.1 cm³/mol. The van der Waals surface area contributed by atoms with Gasteiger partial charge in [-0.2, -0.15) is 13.2 Å². The summed E-state index contributed by atoms with van der Waals surface area (Å²) < 4.78 is 37.3. The quantitative estimate of drug-likeness (QED) is 0.838. The predicted octanol–water partition coefficient (Wildman–Crippen LogP) is 3.66. The maximum Gasteiger partial charge on any atom is 0.407 e. The van der Waals surface area contributed by atoms with E-state index in [4.69, 9.17) is 17.3 Å². The number of hydrogen-bond acceptors (Lipinski definition) is 1. The fourth-order valence-electron chi connectivity index (χ4n) is 0.930. The number of nitrogens with two attached hydrogens (primary N) is 1. The molecule has 0 amide bonds. The molecule has 0 aliphatic rings. The molecule has 0 fully saturated rings. The fraction of sp³-hybridized carbons (Fsp3) is 0.250. The van der Waals surface area contributed by atoms with Gasteiger partial charge in [-0.15, -0.1) is 0 Å². The van der Waals surface area contributed by atoms with E-state index < -0.39 is 12.2 Å². The van der Waals surface area contributed by atoms with E-state index in [2.05, 4.69) is 15.9 Å². The van der Waals surface area contributed by atoms with Crippen LogP contribution in [0, 0.1) is 0 Å². The van der Waals surface area contributed by atoms with Gasteiger partial charge in [-0.3, -0.25) is 0 Å². The monoisotopic (exact) mass is 287 g/mol. The lowest BCUT2D eigenvalue weighted by molar-refractivity contribution is -0.149. The standard InChI is InChI=1S/C8H6BrClF3N/c9-4-1-2-5(6(10)3-4)7(14)8(11,12)13/h1-3,7H,14H2. The van der Waals surface area contributed by atoms with Crippen LogP contribution in [-0.4, -0.2) is 6.18 Å². The lowest BCUT2D eigenvalue weighted by Crippen LogP contribution is -2.28. The third-order valence-corrected chi connectivity index (χ3v) is 2.47. The Morgan fingerprint density at radius 2 is 1.93 bits per heavy atom. The molecule has 0 saturated heterocycles. The molecule has 0 bridgehead atoms. The molecule has 1 aromatic carbocycles. The van der Waals surface area contributed by atoms with E-state index in [0.717, 1.165) is 0 Å². The van der Waals surface area contributed by atoms with Crippen LogP contribution in [0.1, 0.15) is 11.6 Å². The summed E-state index contributed by atoms with van der Waals surface area (Å²) in [6, 6.07) is 2.06. The summed E-state index contributed by atoms with van der Waals surface area (Å²) in [5, 5.41) is 0.00389. The number of hydrogen-bond donors (Lipinski definition) is 1. The second-order valence-corrected chi connectivity index (χ2v) is 4.01. The van der Waals surface area contributed by atoms with Gasteiger partial charge in [0.05, 0.1) is 0 Å². The zero-order valence-corrected chi connectivity index (χ0v) is 9.12. The van der Waals surface area contributed by atoms with Crippen molar-refractivity contribution in [2.45, 2.75) is 12.2 Å². The highest BCUT2D eigenvalue weighted by molar-refractivity contribution is 9.10. The van der Waals surface area contributed by atoms with Crippen molar-refractivity contribution in [1.82, 2.24) is 0 Å². The summed E-state index contributed by atoms with van der Waals surface area (Å²) >= 11 is 8.71. The van der Waals surface area contributed by atoms with Crippen molar-refractivity contribution in [3.05, 3.63) is 33.3 Å². The summed E-state index contributed by atoms with van der Waals surface area (Å²) in [5.74, 6) is 0. The third kappa shape index (κ3) is 2.62. The van der Waals surface area contributed by atoms with Crippen LogP contribution in [0.4, 0.5) is 13.2 Å². The van der Waals surface area contributed by atoms with Gasteiger partial charge in [-0.25, -0.2) is 0 Å². The molecule has 0 aromatic heterocycles. The van der Waals surface area contributed by atoms with Gasteiger partial charge in [-0.1, -0.05) is 33.6 Å². The van der Waals surface area contributed by atoms with Crippen molar-refractivity contribution < 1.29 is 13.2 Å². The third-order valence-electron chi connectivity index (χ3n) is 1.65. The van der Waals surface area contributed by atoms with Crippen LogP contribution in [0.3, 0.4) is 0 Å². The molecule has 78 valence electrons. The topological polar surface area (TPSA) is 26.0 Å². The number of benzene rings is 1. The minimum atomic E-state index is -4.47. The van der Waals surface area contributed by atoms with Crippen LogP contribution >= 0.6 is 27.5 Å². The van der Waals surface area contributed by atoms with Gasteiger partial charge in [0.25, 0.3) is 0 Å². The highest BCUT2D eigenvalue weighted by Crippen LogP contribution is 2.35. The first-order valence-electron chi connectivity index (χ1n) is 3.59. The molecule has 0 heterocycles. The minimum absolute atomic E-state index is 0.00389. The van der Waals surface area contributed by atoms with E-state index in [1.54, 1.807) is 0 Å². The Balaban J connectivity index is 3.08. The Hall–Kier alpha value is -0.260. The molecule has 1 rings (SSSR count). The Labute approximate surface area is 92.2 Å². The molecule has 6 heteroatoms. The molecule has 0 aliphatic carbocycles. The van der Waals surface area contributed by atoms with Crippen molar-refractivity contribution in [3.8, 4) is 0 Å². The molecule has 1 atom stereocenters. The van der Waals surface area contributed by atoms with E-state index >= 15 is 0 Å². The van der Waals surface area contributed by atoms with Gasteiger partial charge in [0.15, 0.2) is 0 Å². The van der Waals surface area contributed by atoms with E-state index in [1.807, 2.05) is 0 Å². The van der Waals surface area contributed by atoms with Gasteiger partial charge >= 0.3 is 6.18 Å². The maximum absolute atomic E-state index is 12.2. The van der Waals surface area contributed by atoms with E-state index in [9.17, 15) is 13.2 Å². The van der Waals surface area contributed by atoms with Crippen LogP contribution in [0.25, 0.3) is 0 Å². The molecule has 0 saturated carbocycles. The SMILES string of the molecule is NC(c1ccc(Br)cc1Cl)C(F)(F)F. The Morgan fingerprint density at radius 1 is 1.36 bits per heavy atom. The van der Waals surface area contributed by atoms with Crippen molar-refractivity contribution >= 4 is 27.5 Å². The van der Waals surface area contributed by atoms with Gasteiger partial charge < -0.3 is 5.73 Å². The average Bonchev–Trinajstić information content (AvgIpc) is 2.01. The van der Waals surface area contributed by atoms with Crippen LogP contribution in [-0.2, 0) is 0 Å². The first-order chi connectivity index (χ1) is 6.32. The van der Waals surface area contributed by atoms with Gasteiger partial charge in [0.1, 0.15) is 6.04 Å². The van der Waals surface area contributed by atoms with E-state index in [0.29, 0.717) is 4.47 Å².